The van der Waals surface area contributed by atoms with E-state index in [4.69, 9.17) is 0 Å². The fraction of sp³-hybridized carbons (Fsp3) is 0.286. The van der Waals surface area contributed by atoms with Gasteiger partial charge in [-0.2, -0.15) is 13.2 Å². The summed E-state index contributed by atoms with van der Waals surface area (Å²) in [5.74, 6) is 0. The molecule has 2 rings (SSSR count). The molecule has 0 nitrogen and oxygen atoms in total. The molecule has 0 saturated carbocycles. The van der Waals surface area contributed by atoms with Crippen LogP contribution in [0.4, 0.5) is 13.2 Å². The molecule has 0 aliphatic carbocycles. The first-order chi connectivity index (χ1) is 8.00. The molecule has 0 spiro atoms. The Bertz CT molecular complexity index is 498. The van der Waals surface area contributed by atoms with Crippen molar-refractivity contribution in [2.24, 2.45) is 0 Å². The average molecular weight is 240 g/mol. The lowest BCUT2D eigenvalue weighted by Gasteiger charge is -2.11. The van der Waals surface area contributed by atoms with Gasteiger partial charge in [0.2, 0.25) is 0 Å². The van der Waals surface area contributed by atoms with Crippen LogP contribution in [-0.4, -0.2) is 0 Å². The second kappa shape index (κ2) is 5.21. The van der Waals surface area contributed by atoms with E-state index in [1.54, 1.807) is 12.1 Å². The Balaban J connectivity index is 0.000000686. The Labute approximate surface area is 99.1 Å². The summed E-state index contributed by atoms with van der Waals surface area (Å²) in [6.07, 6.45) is -4.28. The number of alkyl halides is 3. The Kier molecular flexibility index (Phi) is 4.16. The van der Waals surface area contributed by atoms with Gasteiger partial charge in [-0.1, -0.05) is 44.2 Å². The third-order valence-corrected chi connectivity index (χ3v) is 2.45. The molecule has 0 radical (unpaired) electrons. The minimum absolute atomic E-state index is 0.269. The van der Waals surface area contributed by atoms with Crippen molar-refractivity contribution in [1.29, 1.82) is 0 Å². The van der Waals surface area contributed by atoms with Crippen LogP contribution in [0.15, 0.2) is 36.4 Å². The Hall–Kier alpha value is -1.51. The number of halogens is 3. The van der Waals surface area contributed by atoms with E-state index in [-0.39, 0.29) is 5.39 Å². The molecule has 0 unspecified atom stereocenters. The van der Waals surface area contributed by atoms with Crippen LogP contribution >= 0.6 is 0 Å². The number of fused-ring (bicyclic) bond motifs is 1. The molecular weight excluding hydrogens is 225 g/mol. The molecule has 0 aliphatic heterocycles. The maximum atomic E-state index is 12.6. The van der Waals surface area contributed by atoms with Gasteiger partial charge in [-0.25, -0.2) is 0 Å². The molecule has 92 valence electrons. The average Bonchev–Trinajstić information content (AvgIpc) is 2.30. The van der Waals surface area contributed by atoms with Crippen molar-refractivity contribution in [3.8, 4) is 0 Å². The van der Waals surface area contributed by atoms with Crippen LogP contribution in [0.5, 0.6) is 0 Å². The standard InChI is InChI=1S/C12H9F3.C2H6/c1-8-4-2-6-10-9(8)5-3-7-11(10)12(13,14)15;1-2/h2-7H,1H3;1-2H3. The number of aryl methyl sites for hydroxylation is 1. The SMILES string of the molecule is CC.Cc1cccc2c(C(F)(F)F)cccc12. The van der Waals surface area contributed by atoms with Crippen LogP contribution in [0.1, 0.15) is 25.0 Å². The highest BCUT2D eigenvalue weighted by molar-refractivity contribution is 5.88. The van der Waals surface area contributed by atoms with Crippen LogP contribution in [-0.2, 0) is 6.18 Å². The van der Waals surface area contributed by atoms with Crippen LogP contribution in [0.2, 0.25) is 0 Å². The highest BCUT2D eigenvalue weighted by atomic mass is 19.4. The molecular formula is C14H15F3. The van der Waals surface area contributed by atoms with Gasteiger partial charge >= 0.3 is 6.18 Å². The van der Waals surface area contributed by atoms with E-state index in [0.717, 1.165) is 11.6 Å². The Morgan fingerprint density at radius 2 is 1.35 bits per heavy atom. The summed E-state index contributed by atoms with van der Waals surface area (Å²) in [5, 5.41) is 0.928. The van der Waals surface area contributed by atoms with Gasteiger partial charge in [-0.15, -0.1) is 0 Å². The summed E-state index contributed by atoms with van der Waals surface area (Å²) < 4.78 is 37.9. The van der Waals surface area contributed by atoms with E-state index in [0.29, 0.717) is 5.39 Å². The normalized spacial score (nSPS) is 10.9. The van der Waals surface area contributed by atoms with E-state index < -0.39 is 11.7 Å². The van der Waals surface area contributed by atoms with E-state index >= 15 is 0 Å². The molecule has 2 aromatic carbocycles. The molecule has 0 amide bonds. The predicted molar refractivity (Wildman–Crippen MR) is 65.0 cm³/mol. The molecule has 0 fully saturated rings. The van der Waals surface area contributed by atoms with E-state index in [1.165, 1.54) is 12.1 Å². The lowest BCUT2D eigenvalue weighted by Crippen LogP contribution is -2.05. The predicted octanol–water partition coefficient (Wildman–Crippen LogP) is 5.19. The summed E-state index contributed by atoms with van der Waals surface area (Å²) >= 11 is 0. The van der Waals surface area contributed by atoms with Gasteiger partial charge in [0.05, 0.1) is 5.56 Å². The van der Waals surface area contributed by atoms with Gasteiger partial charge in [-0.3, -0.25) is 0 Å². The molecule has 0 aromatic heterocycles. The number of hydrogen-bond acceptors (Lipinski definition) is 0. The molecule has 0 atom stereocenters. The lowest BCUT2D eigenvalue weighted by molar-refractivity contribution is -0.136. The molecule has 17 heavy (non-hydrogen) atoms. The zero-order chi connectivity index (χ0) is 13.1. The summed E-state index contributed by atoms with van der Waals surface area (Å²) in [4.78, 5) is 0. The highest BCUT2D eigenvalue weighted by Gasteiger charge is 2.32. The monoisotopic (exact) mass is 240 g/mol. The van der Waals surface area contributed by atoms with Crippen molar-refractivity contribution >= 4 is 10.8 Å². The smallest absolute Gasteiger partial charge is 0.166 e. The van der Waals surface area contributed by atoms with Crippen molar-refractivity contribution in [1.82, 2.24) is 0 Å². The zero-order valence-electron chi connectivity index (χ0n) is 10.1. The van der Waals surface area contributed by atoms with E-state index in [2.05, 4.69) is 0 Å². The lowest BCUT2D eigenvalue weighted by atomic mass is 10.0. The van der Waals surface area contributed by atoms with Crippen LogP contribution in [0.3, 0.4) is 0 Å². The summed E-state index contributed by atoms with van der Waals surface area (Å²) in [6.45, 7) is 5.81. The van der Waals surface area contributed by atoms with Crippen molar-refractivity contribution < 1.29 is 13.2 Å². The van der Waals surface area contributed by atoms with Gasteiger partial charge in [0, 0.05) is 0 Å². The summed E-state index contributed by atoms with van der Waals surface area (Å²) in [5.41, 5.74) is 0.294. The maximum absolute atomic E-state index is 12.6. The fourth-order valence-corrected chi connectivity index (χ4v) is 1.71. The largest absolute Gasteiger partial charge is 0.417 e. The Morgan fingerprint density at radius 1 is 0.824 bits per heavy atom. The molecule has 3 heteroatoms. The van der Waals surface area contributed by atoms with Crippen molar-refractivity contribution in [3.63, 3.8) is 0 Å². The molecule has 0 heterocycles. The third-order valence-electron chi connectivity index (χ3n) is 2.45. The minimum atomic E-state index is -4.28. The van der Waals surface area contributed by atoms with Crippen molar-refractivity contribution in [2.45, 2.75) is 26.9 Å². The second-order valence-corrected chi connectivity index (χ2v) is 3.47. The van der Waals surface area contributed by atoms with Gasteiger partial charge < -0.3 is 0 Å². The van der Waals surface area contributed by atoms with Crippen molar-refractivity contribution in [3.05, 3.63) is 47.5 Å². The maximum Gasteiger partial charge on any atom is 0.417 e. The quantitative estimate of drug-likeness (QED) is 0.594. The van der Waals surface area contributed by atoms with E-state index in [9.17, 15) is 13.2 Å². The number of hydrogen-bond donors (Lipinski definition) is 0. The first-order valence-corrected chi connectivity index (χ1v) is 5.55. The Morgan fingerprint density at radius 3 is 1.94 bits per heavy atom. The topological polar surface area (TPSA) is 0 Å². The zero-order valence-corrected chi connectivity index (χ0v) is 10.1. The van der Waals surface area contributed by atoms with Gasteiger partial charge in [0.1, 0.15) is 0 Å². The molecule has 0 aliphatic rings. The second-order valence-electron chi connectivity index (χ2n) is 3.47. The third kappa shape index (κ3) is 2.78. The molecule has 0 N–H and O–H groups in total. The first-order valence-electron chi connectivity index (χ1n) is 5.55. The number of benzene rings is 2. The highest BCUT2D eigenvalue weighted by Crippen LogP contribution is 2.35. The molecule has 2 aromatic rings. The summed E-state index contributed by atoms with van der Waals surface area (Å²) in [6, 6.07) is 9.22. The van der Waals surface area contributed by atoms with Gasteiger partial charge in [0.25, 0.3) is 0 Å². The number of rotatable bonds is 0. The first kappa shape index (κ1) is 13.6. The van der Waals surface area contributed by atoms with Crippen molar-refractivity contribution in [2.75, 3.05) is 0 Å². The van der Waals surface area contributed by atoms with Crippen LogP contribution in [0, 0.1) is 6.92 Å². The molecule has 0 bridgehead atoms. The van der Waals surface area contributed by atoms with Crippen LogP contribution in [0.25, 0.3) is 10.8 Å². The fourth-order valence-electron chi connectivity index (χ4n) is 1.71. The summed E-state index contributed by atoms with van der Waals surface area (Å²) in [7, 11) is 0. The molecule has 0 saturated heterocycles. The minimum Gasteiger partial charge on any atom is -0.166 e. The van der Waals surface area contributed by atoms with Crippen LogP contribution < -0.4 is 0 Å². The van der Waals surface area contributed by atoms with Gasteiger partial charge in [-0.05, 0) is 29.3 Å². The van der Waals surface area contributed by atoms with E-state index in [1.807, 2.05) is 26.8 Å². The van der Waals surface area contributed by atoms with Gasteiger partial charge in [0.15, 0.2) is 0 Å².